The van der Waals surface area contributed by atoms with Gasteiger partial charge in [-0.1, -0.05) is 11.6 Å². The lowest BCUT2D eigenvalue weighted by molar-refractivity contribution is 1.01. The van der Waals surface area contributed by atoms with Crippen molar-refractivity contribution in [2.24, 2.45) is 0 Å². The molecule has 0 bridgehead atoms. The number of nitrogens with zero attached hydrogens (tertiary/aromatic N) is 4. The van der Waals surface area contributed by atoms with Crippen molar-refractivity contribution in [2.45, 2.75) is 0 Å². The molecule has 78 valence electrons. The fourth-order valence-corrected chi connectivity index (χ4v) is 1.62. The van der Waals surface area contributed by atoms with E-state index in [0.717, 1.165) is 16.9 Å². The molecule has 0 unspecified atom stereocenters. The van der Waals surface area contributed by atoms with Gasteiger partial charge in [-0.05, 0) is 12.1 Å². The normalized spacial score (nSPS) is 10.8. The van der Waals surface area contributed by atoms with Crippen molar-refractivity contribution < 1.29 is 0 Å². The van der Waals surface area contributed by atoms with E-state index in [-0.39, 0.29) is 0 Å². The van der Waals surface area contributed by atoms with Crippen LogP contribution in [0.3, 0.4) is 0 Å². The van der Waals surface area contributed by atoms with Crippen molar-refractivity contribution in [3.8, 4) is 5.82 Å². The van der Waals surface area contributed by atoms with E-state index >= 15 is 0 Å². The molecule has 0 aromatic carbocycles. The number of fused-ring (bicyclic) bond motifs is 1. The highest BCUT2D eigenvalue weighted by atomic mass is 35.5. The highest BCUT2D eigenvalue weighted by molar-refractivity contribution is 6.30. The van der Waals surface area contributed by atoms with Gasteiger partial charge in [-0.3, -0.25) is 9.97 Å². The lowest BCUT2D eigenvalue weighted by Crippen LogP contribution is -1.92. The van der Waals surface area contributed by atoms with Crippen molar-refractivity contribution in [2.75, 3.05) is 0 Å². The molecule has 0 spiro atoms. The number of pyridine rings is 1. The van der Waals surface area contributed by atoms with Crippen molar-refractivity contribution in [1.82, 2.24) is 19.5 Å². The quantitative estimate of drug-likeness (QED) is 0.645. The van der Waals surface area contributed by atoms with Gasteiger partial charge in [-0.25, -0.2) is 4.98 Å². The summed E-state index contributed by atoms with van der Waals surface area (Å²) < 4.78 is 1.88. The molecule has 3 heterocycles. The molecule has 0 amide bonds. The van der Waals surface area contributed by atoms with Gasteiger partial charge in [0.15, 0.2) is 0 Å². The maximum Gasteiger partial charge on any atom is 0.136 e. The van der Waals surface area contributed by atoms with Crippen LogP contribution in [0.1, 0.15) is 0 Å². The number of rotatable bonds is 1. The van der Waals surface area contributed by atoms with Gasteiger partial charge in [-0.2, -0.15) is 0 Å². The lowest BCUT2D eigenvalue weighted by Gasteiger charge is -1.99. The third kappa shape index (κ3) is 1.53. The number of halogens is 1. The second-order valence-electron chi connectivity index (χ2n) is 3.33. The highest BCUT2D eigenvalue weighted by Crippen LogP contribution is 2.14. The Kier molecular flexibility index (Phi) is 2.08. The van der Waals surface area contributed by atoms with Gasteiger partial charge < -0.3 is 4.57 Å². The van der Waals surface area contributed by atoms with E-state index in [9.17, 15) is 0 Å². The smallest absolute Gasteiger partial charge is 0.136 e. The number of aromatic nitrogens is 4. The fraction of sp³-hybridized carbons (Fsp3) is 0. The lowest BCUT2D eigenvalue weighted by atomic mass is 10.4. The van der Waals surface area contributed by atoms with Crippen LogP contribution < -0.4 is 0 Å². The van der Waals surface area contributed by atoms with Crippen LogP contribution in [0.25, 0.3) is 16.9 Å². The minimum atomic E-state index is 0.622. The molecule has 0 saturated heterocycles. The molecule has 3 aromatic rings. The SMILES string of the molecule is Clc1ccc(-n2cc3nccnc3c2)nc1. The van der Waals surface area contributed by atoms with E-state index in [0.29, 0.717) is 5.02 Å². The third-order valence-corrected chi connectivity index (χ3v) is 2.48. The van der Waals surface area contributed by atoms with E-state index in [4.69, 9.17) is 11.6 Å². The minimum absolute atomic E-state index is 0.622. The molecule has 3 aromatic heterocycles. The molecule has 0 fully saturated rings. The van der Waals surface area contributed by atoms with Gasteiger partial charge in [0.2, 0.25) is 0 Å². The zero-order chi connectivity index (χ0) is 11.0. The summed E-state index contributed by atoms with van der Waals surface area (Å²) in [7, 11) is 0. The molecule has 3 rings (SSSR count). The summed E-state index contributed by atoms with van der Waals surface area (Å²) in [5.41, 5.74) is 1.69. The van der Waals surface area contributed by atoms with E-state index in [2.05, 4.69) is 15.0 Å². The van der Waals surface area contributed by atoms with Gasteiger partial charge in [0.25, 0.3) is 0 Å². The van der Waals surface area contributed by atoms with E-state index in [1.165, 1.54) is 0 Å². The first-order valence-corrected chi connectivity index (χ1v) is 5.11. The van der Waals surface area contributed by atoms with Crippen molar-refractivity contribution in [1.29, 1.82) is 0 Å². The summed E-state index contributed by atoms with van der Waals surface area (Å²) in [5.74, 6) is 0.796. The summed E-state index contributed by atoms with van der Waals surface area (Å²) in [4.78, 5) is 12.6. The van der Waals surface area contributed by atoms with Crippen LogP contribution in [0, 0.1) is 0 Å². The van der Waals surface area contributed by atoms with Crippen LogP contribution >= 0.6 is 11.6 Å². The topological polar surface area (TPSA) is 43.6 Å². The Bertz CT molecular complexity index is 597. The summed E-state index contributed by atoms with van der Waals surface area (Å²) >= 11 is 5.78. The Balaban J connectivity index is 2.15. The first-order chi connectivity index (χ1) is 7.83. The molecule has 4 nitrogen and oxygen atoms in total. The number of hydrogen-bond acceptors (Lipinski definition) is 3. The van der Waals surface area contributed by atoms with Gasteiger partial charge in [-0.15, -0.1) is 0 Å². The van der Waals surface area contributed by atoms with Gasteiger partial charge in [0.1, 0.15) is 16.9 Å². The first kappa shape index (κ1) is 9.30. The molecule has 5 heteroatoms. The average molecular weight is 231 g/mol. The Morgan fingerprint density at radius 3 is 2.19 bits per heavy atom. The molecule has 0 radical (unpaired) electrons. The van der Waals surface area contributed by atoms with Crippen LogP contribution in [-0.4, -0.2) is 19.5 Å². The van der Waals surface area contributed by atoms with E-state index in [1.807, 2.05) is 23.0 Å². The molecular weight excluding hydrogens is 224 g/mol. The van der Waals surface area contributed by atoms with Crippen LogP contribution in [0.2, 0.25) is 5.02 Å². The van der Waals surface area contributed by atoms with E-state index < -0.39 is 0 Å². The zero-order valence-corrected chi connectivity index (χ0v) is 8.96. The monoisotopic (exact) mass is 230 g/mol. The van der Waals surface area contributed by atoms with Crippen LogP contribution in [-0.2, 0) is 0 Å². The Labute approximate surface area is 96.6 Å². The van der Waals surface area contributed by atoms with Crippen LogP contribution in [0.5, 0.6) is 0 Å². The average Bonchev–Trinajstić information content (AvgIpc) is 2.73. The molecule has 0 N–H and O–H groups in total. The maximum atomic E-state index is 5.78. The standard InChI is InChI=1S/C11H7ClN4/c12-8-1-2-11(15-5-8)16-6-9-10(7-16)14-4-3-13-9/h1-7H. The van der Waals surface area contributed by atoms with Crippen molar-refractivity contribution >= 4 is 22.6 Å². The summed E-state index contributed by atoms with van der Waals surface area (Å²) in [5, 5.41) is 0.622. The summed E-state index contributed by atoms with van der Waals surface area (Å²) in [6.45, 7) is 0. The molecule has 0 aliphatic carbocycles. The van der Waals surface area contributed by atoms with Crippen molar-refractivity contribution in [3.63, 3.8) is 0 Å². The minimum Gasteiger partial charge on any atom is -0.304 e. The fourth-order valence-electron chi connectivity index (χ4n) is 1.51. The highest BCUT2D eigenvalue weighted by Gasteiger charge is 2.02. The third-order valence-electron chi connectivity index (χ3n) is 2.26. The second kappa shape index (κ2) is 3.57. The predicted octanol–water partition coefficient (Wildman–Crippen LogP) is 2.47. The zero-order valence-electron chi connectivity index (χ0n) is 8.21. The number of hydrogen-bond donors (Lipinski definition) is 0. The van der Waals surface area contributed by atoms with E-state index in [1.54, 1.807) is 24.7 Å². The Morgan fingerprint density at radius 1 is 0.938 bits per heavy atom. The van der Waals surface area contributed by atoms with Crippen LogP contribution in [0.15, 0.2) is 43.1 Å². The predicted molar refractivity (Wildman–Crippen MR) is 61.7 cm³/mol. The van der Waals surface area contributed by atoms with Crippen LogP contribution in [0.4, 0.5) is 0 Å². The van der Waals surface area contributed by atoms with Crippen molar-refractivity contribution in [3.05, 3.63) is 48.1 Å². The molecule has 16 heavy (non-hydrogen) atoms. The molecular formula is C11H7ClN4. The molecule has 0 aliphatic heterocycles. The molecule has 0 saturated carbocycles. The first-order valence-electron chi connectivity index (χ1n) is 4.73. The summed E-state index contributed by atoms with van der Waals surface area (Å²) in [6, 6.07) is 3.65. The van der Waals surface area contributed by atoms with Gasteiger partial charge in [0.05, 0.1) is 5.02 Å². The molecule has 0 aliphatic rings. The largest absolute Gasteiger partial charge is 0.304 e. The molecule has 0 atom stereocenters. The van der Waals surface area contributed by atoms with Gasteiger partial charge >= 0.3 is 0 Å². The van der Waals surface area contributed by atoms with Gasteiger partial charge in [0, 0.05) is 31.0 Å². The summed E-state index contributed by atoms with van der Waals surface area (Å²) in [6.07, 6.45) is 8.73. The maximum absolute atomic E-state index is 5.78. The Hall–Kier alpha value is -1.94. The Morgan fingerprint density at radius 2 is 1.62 bits per heavy atom. The second-order valence-corrected chi connectivity index (χ2v) is 3.76.